The molecule has 3 nitrogen and oxygen atoms in total. The van der Waals surface area contributed by atoms with E-state index < -0.39 is 0 Å². The summed E-state index contributed by atoms with van der Waals surface area (Å²) >= 11 is 0. The van der Waals surface area contributed by atoms with E-state index in [1.54, 1.807) is 7.11 Å². The van der Waals surface area contributed by atoms with Gasteiger partial charge in [-0.3, -0.25) is 4.90 Å². The second-order valence-corrected chi connectivity index (χ2v) is 5.98. The molecule has 1 aromatic carbocycles. The molecule has 112 valence electrons. The van der Waals surface area contributed by atoms with Gasteiger partial charge in [-0.15, -0.1) is 0 Å². The van der Waals surface area contributed by atoms with Crippen LogP contribution in [0.25, 0.3) is 0 Å². The second-order valence-electron chi connectivity index (χ2n) is 5.98. The number of nitrogens with one attached hydrogen (secondary N) is 1. The third kappa shape index (κ3) is 4.89. The van der Waals surface area contributed by atoms with Crippen LogP contribution in [-0.2, 0) is 17.8 Å². The standard InChI is InChI=1S/C17H28N2O/c1-14(2)19(10-11-20-3)13-16-7-5-4-6-15(16)12-18-17-8-9-17/h4-7,14,17-18H,8-13H2,1-3H3. The second kappa shape index (κ2) is 7.77. The van der Waals surface area contributed by atoms with Gasteiger partial charge in [0.1, 0.15) is 0 Å². The van der Waals surface area contributed by atoms with Crippen molar-refractivity contribution < 1.29 is 4.74 Å². The summed E-state index contributed by atoms with van der Waals surface area (Å²) in [5.41, 5.74) is 2.87. The molecule has 0 bridgehead atoms. The van der Waals surface area contributed by atoms with Crippen molar-refractivity contribution >= 4 is 0 Å². The van der Waals surface area contributed by atoms with Crippen LogP contribution < -0.4 is 5.32 Å². The molecule has 0 radical (unpaired) electrons. The van der Waals surface area contributed by atoms with E-state index in [1.807, 2.05) is 0 Å². The summed E-state index contributed by atoms with van der Waals surface area (Å²) in [5, 5.41) is 3.62. The first-order valence-electron chi connectivity index (χ1n) is 7.74. The molecule has 0 aliphatic heterocycles. The zero-order chi connectivity index (χ0) is 14.4. The molecular weight excluding hydrogens is 248 g/mol. The Balaban J connectivity index is 1.97. The lowest BCUT2D eigenvalue weighted by molar-refractivity contribution is 0.124. The van der Waals surface area contributed by atoms with Crippen molar-refractivity contribution in [3.63, 3.8) is 0 Å². The predicted octanol–water partition coefficient (Wildman–Crippen LogP) is 2.80. The van der Waals surface area contributed by atoms with Crippen molar-refractivity contribution in [2.45, 2.75) is 51.9 Å². The fraction of sp³-hybridized carbons (Fsp3) is 0.647. The quantitative estimate of drug-likeness (QED) is 0.750. The van der Waals surface area contributed by atoms with E-state index >= 15 is 0 Å². The maximum absolute atomic E-state index is 5.22. The Hall–Kier alpha value is -0.900. The van der Waals surface area contributed by atoms with Crippen molar-refractivity contribution in [2.75, 3.05) is 20.3 Å². The van der Waals surface area contributed by atoms with Gasteiger partial charge in [0.05, 0.1) is 6.61 Å². The third-order valence-electron chi connectivity index (χ3n) is 3.96. The first-order valence-corrected chi connectivity index (χ1v) is 7.74. The largest absolute Gasteiger partial charge is 0.383 e. The molecule has 1 aliphatic carbocycles. The highest BCUT2D eigenvalue weighted by molar-refractivity contribution is 5.27. The maximum Gasteiger partial charge on any atom is 0.0589 e. The highest BCUT2D eigenvalue weighted by atomic mass is 16.5. The van der Waals surface area contributed by atoms with Gasteiger partial charge in [0, 0.05) is 38.8 Å². The molecule has 1 saturated carbocycles. The van der Waals surface area contributed by atoms with Crippen molar-refractivity contribution in [2.24, 2.45) is 0 Å². The van der Waals surface area contributed by atoms with E-state index in [0.29, 0.717) is 6.04 Å². The van der Waals surface area contributed by atoms with Crippen LogP contribution in [0.15, 0.2) is 24.3 Å². The van der Waals surface area contributed by atoms with Crippen LogP contribution in [0.5, 0.6) is 0 Å². The lowest BCUT2D eigenvalue weighted by atomic mass is 10.1. The zero-order valence-electron chi connectivity index (χ0n) is 13.1. The molecule has 0 atom stereocenters. The summed E-state index contributed by atoms with van der Waals surface area (Å²) in [4.78, 5) is 2.47. The van der Waals surface area contributed by atoms with E-state index in [9.17, 15) is 0 Å². The third-order valence-corrected chi connectivity index (χ3v) is 3.96. The smallest absolute Gasteiger partial charge is 0.0589 e. The van der Waals surface area contributed by atoms with Crippen LogP contribution in [-0.4, -0.2) is 37.2 Å². The molecule has 0 aromatic heterocycles. The molecule has 0 unspecified atom stereocenters. The van der Waals surface area contributed by atoms with Gasteiger partial charge < -0.3 is 10.1 Å². The number of methoxy groups -OCH3 is 1. The fourth-order valence-electron chi connectivity index (χ4n) is 2.37. The summed E-state index contributed by atoms with van der Waals surface area (Å²) in [6, 6.07) is 10.1. The molecule has 0 amide bonds. The summed E-state index contributed by atoms with van der Waals surface area (Å²) < 4.78 is 5.22. The summed E-state index contributed by atoms with van der Waals surface area (Å²) in [6.07, 6.45) is 2.68. The molecule has 3 heteroatoms. The van der Waals surface area contributed by atoms with Gasteiger partial charge in [-0.25, -0.2) is 0 Å². The van der Waals surface area contributed by atoms with E-state index in [4.69, 9.17) is 4.74 Å². The number of hydrogen-bond donors (Lipinski definition) is 1. The molecule has 1 N–H and O–H groups in total. The first kappa shape index (κ1) is 15.5. The van der Waals surface area contributed by atoms with Crippen molar-refractivity contribution in [1.82, 2.24) is 10.2 Å². The van der Waals surface area contributed by atoms with Crippen LogP contribution >= 0.6 is 0 Å². The van der Waals surface area contributed by atoms with Gasteiger partial charge in [-0.2, -0.15) is 0 Å². The summed E-state index contributed by atoms with van der Waals surface area (Å²) in [5.74, 6) is 0. The SMILES string of the molecule is COCCN(Cc1ccccc1CNC1CC1)C(C)C. The Labute approximate surface area is 123 Å². The molecule has 1 aliphatic rings. The number of rotatable bonds is 9. The molecule has 2 rings (SSSR count). The van der Waals surface area contributed by atoms with Gasteiger partial charge in [0.15, 0.2) is 0 Å². The molecule has 1 aromatic rings. The highest BCUT2D eigenvalue weighted by Crippen LogP contribution is 2.20. The minimum absolute atomic E-state index is 0.537. The van der Waals surface area contributed by atoms with Gasteiger partial charge >= 0.3 is 0 Å². The summed E-state index contributed by atoms with van der Waals surface area (Å²) in [7, 11) is 1.77. The van der Waals surface area contributed by atoms with E-state index in [0.717, 1.165) is 32.3 Å². The summed E-state index contributed by atoms with van der Waals surface area (Å²) in [6.45, 7) is 8.28. The minimum Gasteiger partial charge on any atom is -0.383 e. The highest BCUT2D eigenvalue weighted by Gasteiger charge is 2.20. The van der Waals surface area contributed by atoms with Crippen LogP contribution in [0.4, 0.5) is 0 Å². The number of benzene rings is 1. The Morgan fingerprint density at radius 2 is 1.95 bits per heavy atom. The molecule has 0 spiro atoms. The lowest BCUT2D eigenvalue weighted by Gasteiger charge is -2.27. The van der Waals surface area contributed by atoms with Gasteiger partial charge in [-0.05, 0) is 37.8 Å². The van der Waals surface area contributed by atoms with Crippen LogP contribution in [0, 0.1) is 0 Å². The molecule has 0 saturated heterocycles. The molecular formula is C17H28N2O. The average Bonchev–Trinajstić information content (AvgIpc) is 3.26. The van der Waals surface area contributed by atoms with Gasteiger partial charge in [0.25, 0.3) is 0 Å². The molecule has 0 heterocycles. The normalized spacial score (nSPS) is 15.2. The number of ether oxygens (including phenoxy) is 1. The maximum atomic E-state index is 5.22. The molecule has 20 heavy (non-hydrogen) atoms. The van der Waals surface area contributed by atoms with Crippen LogP contribution in [0.3, 0.4) is 0 Å². The Morgan fingerprint density at radius 3 is 2.55 bits per heavy atom. The van der Waals surface area contributed by atoms with Crippen molar-refractivity contribution in [3.8, 4) is 0 Å². The fourth-order valence-corrected chi connectivity index (χ4v) is 2.37. The molecule has 1 fully saturated rings. The van der Waals surface area contributed by atoms with Crippen molar-refractivity contribution in [3.05, 3.63) is 35.4 Å². The Kier molecular flexibility index (Phi) is 6.02. The van der Waals surface area contributed by atoms with Crippen molar-refractivity contribution in [1.29, 1.82) is 0 Å². The number of hydrogen-bond acceptors (Lipinski definition) is 3. The van der Waals surface area contributed by atoms with Crippen LogP contribution in [0.1, 0.15) is 37.8 Å². The number of nitrogens with zero attached hydrogens (tertiary/aromatic N) is 1. The first-order chi connectivity index (χ1) is 9.70. The minimum atomic E-state index is 0.537. The average molecular weight is 276 g/mol. The lowest BCUT2D eigenvalue weighted by Crippen LogP contribution is -2.33. The predicted molar refractivity (Wildman–Crippen MR) is 83.7 cm³/mol. The van der Waals surface area contributed by atoms with Crippen LogP contribution in [0.2, 0.25) is 0 Å². The van der Waals surface area contributed by atoms with E-state index in [2.05, 4.69) is 48.3 Å². The monoisotopic (exact) mass is 276 g/mol. The van der Waals surface area contributed by atoms with Gasteiger partial charge in [-0.1, -0.05) is 24.3 Å². The zero-order valence-corrected chi connectivity index (χ0v) is 13.1. The van der Waals surface area contributed by atoms with E-state index in [-0.39, 0.29) is 0 Å². The Bertz CT molecular complexity index is 402. The van der Waals surface area contributed by atoms with E-state index in [1.165, 1.54) is 24.0 Å². The Morgan fingerprint density at radius 1 is 1.25 bits per heavy atom. The topological polar surface area (TPSA) is 24.5 Å². The van der Waals surface area contributed by atoms with Gasteiger partial charge in [0.2, 0.25) is 0 Å².